The molecule has 0 bridgehead atoms. The molecule has 0 atom stereocenters. The minimum Gasteiger partial charge on any atom is -0.449 e. The summed E-state index contributed by atoms with van der Waals surface area (Å²) in [6.45, 7) is 4.50. The second-order valence-corrected chi connectivity index (χ2v) is 7.32. The number of fused-ring (bicyclic) bond motifs is 1. The highest BCUT2D eigenvalue weighted by atomic mass is 16.5. The average Bonchev–Trinajstić information content (AvgIpc) is 2.61. The molecule has 1 aliphatic rings. The summed E-state index contributed by atoms with van der Waals surface area (Å²) in [5, 5.41) is 6.52. The van der Waals surface area contributed by atoms with Gasteiger partial charge >= 0.3 is 6.09 Å². The summed E-state index contributed by atoms with van der Waals surface area (Å²) in [5.74, 6) is 0.344. The molecular weight excluding hydrogens is 330 g/mol. The first-order valence-electron chi connectivity index (χ1n) is 9.21. The number of nitrogen functional groups attached to an aromatic ring is 1. The van der Waals surface area contributed by atoms with Crippen molar-refractivity contribution < 1.29 is 9.53 Å². The van der Waals surface area contributed by atoms with Crippen LogP contribution in [0.2, 0.25) is 0 Å². The number of benzene rings is 1. The summed E-state index contributed by atoms with van der Waals surface area (Å²) in [4.78, 5) is 20.5. The third kappa shape index (κ3) is 4.74. The molecule has 1 amide bonds. The number of nitrogens with one attached hydrogen (secondary N) is 2. The van der Waals surface area contributed by atoms with E-state index in [9.17, 15) is 4.79 Å². The van der Waals surface area contributed by atoms with Crippen molar-refractivity contribution in [2.75, 3.05) is 17.7 Å². The Labute approximate surface area is 153 Å². The molecule has 0 radical (unpaired) electrons. The Hall–Kier alpha value is -2.57. The van der Waals surface area contributed by atoms with Gasteiger partial charge in [0.2, 0.25) is 0 Å². The van der Waals surface area contributed by atoms with Crippen LogP contribution >= 0.6 is 0 Å². The summed E-state index contributed by atoms with van der Waals surface area (Å²) in [5.41, 5.74) is 9.20. The predicted molar refractivity (Wildman–Crippen MR) is 103 cm³/mol. The van der Waals surface area contributed by atoms with Gasteiger partial charge in [-0.3, -0.25) is 9.97 Å². The number of rotatable bonds is 5. The number of alkyl carbamates (subject to hydrolysis) is 1. The number of hydrogen-bond donors (Lipinski definition) is 3. The molecule has 7 nitrogen and oxygen atoms in total. The summed E-state index contributed by atoms with van der Waals surface area (Å²) in [6, 6.07) is 4.23. The molecule has 140 valence electrons. The van der Waals surface area contributed by atoms with Crippen LogP contribution in [0.3, 0.4) is 0 Å². The van der Waals surface area contributed by atoms with Crippen LogP contribution in [-0.4, -0.2) is 34.8 Å². The predicted octanol–water partition coefficient (Wildman–Crippen LogP) is 3.32. The van der Waals surface area contributed by atoms with Crippen LogP contribution in [0, 0.1) is 5.92 Å². The summed E-state index contributed by atoms with van der Waals surface area (Å²) in [7, 11) is 0. The zero-order chi connectivity index (χ0) is 18.5. The molecule has 7 heteroatoms. The van der Waals surface area contributed by atoms with Crippen LogP contribution in [0.25, 0.3) is 11.0 Å². The van der Waals surface area contributed by atoms with E-state index in [1.54, 1.807) is 12.4 Å². The van der Waals surface area contributed by atoms with Crippen LogP contribution in [0.1, 0.15) is 39.5 Å². The summed E-state index contributed by atoms with van der Waals surface area (Å²) >= 11 is 0. The Balaban J connectivity index is 1.54. The topological polar surface area (TPSA) is 102 Å². The van der Waals surface area contributed by atoms with E-state index < -0.39 is 0 Å². The molecular formula is C19H27N5O2. The zero-order valence-corrected chi connectivity index (χ0v) is 15.4. The quantitative estimate of drug-likeness (QED) is 0.710. The number of amides is 1. The fraction of sp³-hybridized carbons (Fsp3) is 0.526. The molecule has 2 aromatic rings. The van der Waals surface area contributed by atoms with Gasteiger partial charge in [0.05, 0.1) is 17.8 Å². The third-order valence-electron chi connectivity index (χ3n) is 4.55. The second kappa shape index (κ2) is 8.21. The molecule has 26 heavy (non-hydrogen) atoms. The van der Waals surface area contributed by atoms with E-state index in [-0.39, 0.29) is 12.1 Å². The minimum atomic E-state index is -0.313. The maximum atomic E-state index is 11.8. The van der Waals surface area contributed by atoms with Gasteiger partial charge < -0.3 is 21.1 Å². The molecule has 1 saturated carbocycles. The highest BCUT2D eigenvalue weighted by Gasteiger charge is 2.23. The van der Waals surface area contributed by atoms with Crippen LogP contribution in [0.4, 0.5) is 16.2 Å². The Kier molecular flexibility index (Phi) is 5.75. The molecule has 1 heterocycles. The second-order valence-electron chi connectivity index (χ2n) is 7.32. The monoisotopic (exact) mass is 357 g/mol. The number of aromatic nitrogens is 2. The van der Waals surface area contributed by atoms with Gasteiger partial charge in [0.25, 0.3) is 0 Å². The van der Waals surface area contributed by atoms with Crippen LogP contribution in [-0.2, 0) is 4.74 Å². The molecule has 0 unspecified atom stereocenters. The van der Waals surface area contributed by atoms with E-state index in [0.29, 0.717) is 24.3 Å². The molecule has 4 N–H and O–H groups in total. The van der Waals surface area contributed by atoms with Gasteiger partial charge in [-0.05, 0) is 43.7 Å². The van der Waals surface area contributed by atoms with Gasteiger partial charge in [-0.2, -0.15) is 0 Å². The van der Waals surface area contributed by atoms with E-state index in [4.69, 9.17) is 10.5 Å². The van der Waals surface area contributed by atoms with Crippen LogP contribution in [0.5, 0.6) is 0 Å². The van der Waals surface area contributed by atoms with Crippen molar-refractivity contribution in [1.82, 2.24) is 15.3 Å². The van der Waals surface area contributed by atoms with E-state index in [2.05, 4.69) is 20.6 Å². The van der Waals surface area contributed by atoms with Crippen molar-refractivity contribution in [3.63, 3.8) is 0 Å². The largest absolute Gasteiger partial charge is 0.449 e. The average molecular weight is 357 g/mol. The van der Waals surface area contributed by atoms with Gasteiger partial charge in [-0.25, -0.2) is 4.79 Å². The minimum absolute atomic E-state index is 0.171. The smallest absolute Gasteiger partial charge is 0.407 e. The molecule has 1 aromatic heterocycles. The van der Waals surface area contributed by atoms with Crippen molar-refractivity contribution in [2.24, 2.45) is 5.92 Å². The number of anilines is 2. The Morgan fingerprint density at radius 3 is 2.62 bits per heavy atom. The lowest BCUT2D eigenvalue weighted by Gasteiger charge is -2.30. The van der Waals surface area contributed by atoms with Crippen molar-refractivity contribution in [1.29, 1.82) is 0 Å². The van der Waals surface area contributed by atoms with Gasteiger partial charge in [-0.1, -0.05) is 13.8 Å². The lowest BCUT2D eigenvalue weighted by Crippen LogP contribution is -2.40. The molecule has 3 rings (SSSR count). The Bertz CT molecular complexity index is 757. The summed E-state index contributed by atoms with van der Waals surface area (Å²) < 4.78 is 5.20. The number of nitrogens with zero attached hydrogens (tertiary/aromatic N) is 2. The maximum absolute atomic E-state index is 11.8. The van der Waals surface area contributed by atoms with E-state index >= 15 is 0 Å². The van der Waals surface area contributed by atoms with Gasteiger partial charge in [-0.15, -0.1) is 0 Å². The fourth-order valence-electron chi connectivity index (χ4n) is 3.26. The number of ether oxygens (including phenoxy) is 1. The third-order valence-corrected chi connectivity index (χ3v) is 4.55. The fourth-order valence-corrected chi connectivity index (χ4v) is 3.26. The Morgan fingerprint density at radius 1 is 1.19 bits per heavy atom. The maximum Gasteiger partial charge on any atom is 0.407 e. The normalized spacial score (nSPS) is 20.1. The van der Waals surface area contributed by atoms with Crippen molar-refractivity contribution in [3.8, 4) is 0 Å². The molecule has 0 saturated heterocycles. The molecule has 1 aromatic carbocycles. The number of hydrogen-bond acceptors (Lipinski definition) is 6. The molecule has 0 aliphatic heterocycles. The van der Waals surface area contributed by atoms with Crippen molar-refractivity contribution >= 4 is 28.5 Å². The number of carbonyl (C=O) groups excluding carboxylic acids is 1. The lowest BCUT2D eigenvalue weighted by atomic mass is 9.91. The number of nitrogens with two attached hydrogens (primary N) is 1. The van der Waals surface area contributed by atoms with Crippen molar-refractivity contribution in [3.05, 3.63) is 24.5 Å². The first-order chi connectivity index (χ1) is 12.5. The van der Waals surface area contributed by atoms with Gasteiger partial charge in [0.15, 0.2) is 0 Å². The number of carbonyl (C=O) groups is 1. The molecule has 1 aliphatic carbocycles. The summed E-state index contributed by atoms with van der Waals surface area (Å²) in [6.07, 6.45) is 6.80. The molecule has 0 spiro atoms. The standard InChI is InChI=1S/C19H27N5O2/c1-12(2)11-26-19(25)24-15-5-3-14(4-6-15)23-17-10-13(20)9-16-18(17)22-8-7-21-16/h7-10,12,14-15,23H,3-6,11,20H2,1-2H3,(H,24,25). The van der Waals surface area contributed by atoms with Crippen molar-refractivity contribution in [2.45, 2.75) is 51.6 Å². The van der Waals surface area contributed by atoms with Crippen LogP contribution in [0.15, 0.2) is 24.5 Å². The van der Waals surface area contributed by atoms with Crippen LogP contribution < -0.4 is 16.4 Å². The van der Waals surface area contributed by atoms with E-state index in [1.807, 2.05) is 26.0 Å². The lowest BCUT2D eigenvalue weighted by molar-refractivity contribution is 0.126. The first-order valence-corrected chi connectivity index (χ1v) is 9.21. The van der Waals surface area contributed by atoms with Gasteiger partial charge in [0.1, 0.15) is 5.52 Å². The first kappa shape index (κ1) is 18.2. The van der Waals surface area contributed by atoms with E-state index in [0.717, 1.165) is 42.4 Å². The molecule has 1 fully saturated rings. The zero-order valence-electron chi connectivity index (χ0n) is 15.4. The van der Waals surface area contributed by atoms with Gasteiger partial charge in [0, 0.05) is 30.2 Å². The SMILES string of the molecule is CC(C)COC(=O)NC1CCC(Nc2cc(N)cc3nccnc23)CC1. The van der Waals surface area contributed by atoms with E-state index in [1.165, 1.54) is 0 Å². The Morgan fingerprint density at radius 2 is 1.88 bits per heavy atom. The highest BCUT2D eigenvalue weighted by Crippen LogP contribution is 2.28. The highest BCUT2D eigenvalue weighted by molar-refractivity contribution is 5.90.